The van der Waals surface area contributed by atoms with Gasteiger partial charge in [0.1, 0.15) is 0 Å². The first-order chi connectivity index (χ1) is 17.7. The first-order valence-corrected chi connectivity index (χ1v) is 14.9. The number of hydrogen-bond donors (Lipinski definition) is 0. The van der Waals surface area contributed by atoms with Crippen molar-refractivity contribution < 1.29 is 9.59 Å². The summed E-state index contributed by atoms with van der Waals surface area (Å²) in [7, 11) is 1.97. The number of rotatable bonds is 5. The number of carbonyl (C=O) groups is 2. The maximum atomic E-state index is 13.7. The largest absolute Gasteiger partial charge is 0.341 e. The van der Waals surface area contributed by atoms with Crippen LogP contribution in [0.1, 0.15) is 83.6 Å². The Hall–Kier alpha value is -1.79. The molecule has 0 aromatic heterocycles. The van der Waals surface area contributed by atoms with Crippen molar-refractivity contribution in [3.63, 3.8) is 0 Å². The van der Waals surface area contributed by atoms with Gasteiger partial charge in [0.15, 0.2) is 0 Å². The van der Waals surface area contributed by atoms with E-state index in [9.17, 15) is 9.59 Å². The molecule has 1 aromatic carbocycles. The van der Waals surface area contributed by atoms with Crippen LogP contribution >= 0.6 is 12.4 Å². The molecule has 5 fully saturated rings. The highest BCUT2D eigenvalue weighted by Crippen LogP contribution is 2.49. The zero-order valence-corrected chi connectivity index (χ0v) is 24.6. The van der Waals surface area contributed by atoms with Crippen molar-refractivity contribution in [2.75, 3.05) is 33.2 Å². The molecule has 6 rings (SSSR count). The van der Waals surface area contributed by atoms with Gasteiger partial charge < -0.3 is 14.7 Å². The molecule has 5 aliphatic rings. The molecule has 6 nitrogen and oxygen atoms in total. The quantitative estimate of drug-likeness (QED) is 0.502. The summed E-state index contributed by atoms with van der Waals surface area (Å²) in [5.41, 5.74) is 1.21. The van der Waals surface area contributed by atoms with Crippen LogP contribution in [0.4, 0.5) is 4.79 Å². The number of halogens is 1. The van der Waals surface area contributed by atoms with Crippen molar-refractivity contribution in [3.05, 3.63) is 35.9 Å². The minimum Gasteiger partial charge on any atom is -0.341 e. The van der Waals surface area contributed by atoms with Crippen LogP contribution in [0, 0.1) is 11.3 Å². The first kappa shape index (κ1) is 27.8. The Morgan fingerprint density at radius 2 is 1.66 bits per heavy atom. The van der Waals surface area contributed by atoms with Crippen molar-refractivity contribution in [1.29, 1.82) is 0 Å². The van der Waals surface area contributed by atoms with Crippen molar-refractivity contribution in [3.8, 4) is 0 Å². The maximum Gasteiger partial charge on any atom is 0.320 e. The molecule has 0 N–H and O–H groups in total. The van der Waals surface area contributed by atoms with Gasteiger partial charge in [-0.2, -0.15) is 0 Å². The lowest BCUT2D eigenvalue weighted by molar-refractivity contribution is -0.140. The number of carbonyl (C=O) groups excluding carboxylic acids is 2. The van der Waals surface area contributed by atoms with Gasteiger partial charge in [0, 0.05) is 62.7 Å². The van der Waals surface area contributed by atoms with Gasteiger partial charge in [0.05, 0.1) is 5.54 Å². The molecule has 210 valence electrons. The molecule has 7 heteroatoms. The summed E-state index contributed by atoms with van der Waals surface area (Å²) < 4.78 is 0. The Morgan fingerprint density at radius 1 is 1.03 bits per heavy atom. The van der Waals surface area contributed by atoms with E-state index in [-0.39, 0.29) is 35.4 Å². The second-order valence-corrected chi connectivity index (χ2v) is 13.6. The van der Waals surface area contributed by atoms with Gasteiger partial charge in [-0.15, -0.1) is 12.4 Å². The average molecular weight is 543 g/mol. The van der Waals surface area contributed by atoms with E-state index in [4.69, 9.17) is 0 Å². The zero-order chi connectivity index (χ0) is 25.9. The molecule has 1 saturated carbocycles. The summed E-state index contributed by atoms with van der Waals surface area (Å²) >= 11 is 0. The molecule has 0 radical (unpaired) electrons. The average Bonchev–Trinajstić information content (AvgIpc) is 3.61. The number of piperidine rings is 1. The highest BCUT2D eigenvalue weighted by molar-refractivity contribution is 5.85. The first-order valence-electron chi connectivity index (χ1n) is 14.9. The number of amides is 3. The van der Waals surface area contributed by atoms with Gasteiger partial charge in [0.25, 0.3) is 0 Å². The second kappa shape index (κ2) is 10.3. The number of hydrogen-bond acceptors (Lipinski definition) is 3. The van der Waals surface area contributed by atoms with Crippen molar-refractivity contribution in [2.24, 2.45) is 11.3 Å². The summed E-state index contributed by atoms with van der Waals surface area (Å²) in [6.07, 6.45) is 9.10. The summed E-state index contributed by atoms with van der Waals surface area (Å²) in [4.78, 5) is 36.0. The Balaban J connectivity index is 0.00000294. The van der Waals surface area contributed by atoms with Crippen LogP contribution in [0.3, 0.4) is 0 Å². The number of nitrogens with zero attached hydrogens (tertiary/aromatic N) is 4. The van der Waals surface area contributed by atoms with E-state index < -0.39 is 0 Å². The fourth-order valence-electron chi connectivity index (χ4n) is 9.10. The van der Waals surface area contributed by atoms with Crippen molar-refractivity contribution >= 4 is 24.3 Å². The van der Waals surface area contributed by atoms with Gasteiger partial charge in [-0.1, -0.05) is 50.1 Å². The predicted molar refractivity (Wildman–Crippen MR) is 154 cm³/mol. The smallest absolute Gasteiger partial charge is 0.320 e. The summed E-state index contributed by atoms with van der Waals surface area (Å²) in [6.45, 7) is 10.2. The molecular formula is C31H47ClN4O2. The van der Waals surface area contributed by atoms with Crippen LogP contribution in [0.15, 0.2) is 30.3 Å². The van der Waals surface area contributed by atoms with E-state index in [2.05, 4.69) is 65.8 Å². The monoisotopic (exact) mass is 542 g/mol. The van der Waals surface area contributed by atoms with Crippen molar-refractivity contribution in [1.82, 2.24) is 19.6 Å². The lowest BCUT2D eigenvalue weighted by Crippen LogP contribution is -2.60. The molecule has 1 aliphatic carbocycles. The summed E-state index contributed by atoms with van der Waals surface area (Å²) in [5.74, 6) is 1.26. The van der Waals surface area contributed by atoms with E-state index in [0.717, 1.165) is 51.9 Å². The highest BCUT2D eigenvalue weighted by atomic mass is 35.5. The fraction of sp³-hybridized carbons (Fsp3) is 0.742. The topological polar surface area (TPSA) is 47.1 Å². The van der Waals surface area contributed by atoms with E-state index in [1.54, 1.807) is 0 Å². The van der Waals surface area contributed by atoms with E-state index >= 15 is 0 Å². The predicted octanol–water partition coefficient (Wildman–Crippen LogP) is 5.37. The van der Waals surface area contributed by atoms with Gasteiger partial charge in [0.2, 0.25) is 5.91 Å². The number of benzene rings is 1. The lowest BCUT2D eigenvalue weighted by Gasteiger charge is -2.50. The second-order valence-electron chi connectivity index (χ2n) is 13.6. The zero-order valence-electron chi connectivity index (χ0n) is 23.8. The minimum absolute atomic E-state index is 0. The molecule has 4 aliphatic heterocycles. The minimum atomic E-state index is -0.159. The van der Waals surface area contributed by atoms with Crippen LogP contribution in [0.2, 0.25) is 0 Å². The molecule has 2 unspecified atom stereocenters. The molecule has 1 aromatic rings. The number of fused-ring (bicyclic) bond motifs is 2. The summed E-state index contributed by atoms with van der Waals surface area (Å²) in [6, 6.07) is 12.4. The molecule has 38 heavy (non-hydrogen) atoms. The van der Waals surface area contributed by atoms with Crippen LogP contribution < -0.4 is 0 Å². The third-order valence-electron chi connectivity index (χ3n) is 10.7. The normalized spacial score (nSPS) is 34.6. The van der Waals surface area contributed by atoms with E-state index in [1.165, 1.54) is 31.2 Å². The molecule has 4 atom stereocenters. The van der Waals surface area contributed by atoms with Gasteiger partial charge in [-0.05, 0) is 63.9 Å². The lowest BCUT2D eigenvalue weighted by atomic mass is 9.80. The molecule has 4 saturated heterocycles. The SMILES string of the molecule is CC(C)N1C(=O)N(C)CC12CC1CCC(C2)N1C[C@H]1CN(C(=O)C2(C)CCCC2)C[C@@H]1c1ccccc1.Cl. The van der Waals surface area contributed by atoms with Crippen LogP contribution in [-0.2, 0) is 4.79 Å². The van der Waals surface area contributed by atoms with Crippen LogP contribution in [0.5, 0.6) is 0 Å². The third kappa shape index (κ3) is 4.54. The van der Waals surface area contributed by atoms with Crippen LogP contribution in [0.25, 0.3) is 0 Å². The Labute approximate surface area is 235 Å². The molecule has 1 spiro atoms. The molecule has 4 heterocycles. The Kier molecular flexibility index (Phi) is 7.54. The summed E-state index contributed by atoms with van der Waals surface area (Å²) in [5, 5.41) is 0. The number of urea groups is 1. The van der Waals surface area contributed by atoms with Crippen molar-refractivity contribution in [2.45, 2.75) is 102 Å². The van der Waals surface area contributed by atoms with E-state index in [0.29, 0.717) is 29.8 Å². The number of likely N-dealkylation sites (N-methyl/N-ethyl adjacent to an activating group) is 1. The van der Waals surface area contributed by atoms with Crippen LogP contribution in [-0.4, -0.2) is 88.4 Å². The Morgan fingerprint density at radius 3 is 2.26 bits per heavy atom. The standard InChI is InChI=1S/C31H46N4O2.ClH/c1-22(2)35-29(37)32(4)21-31(35)16-25-12-13-26(17-31)34(25)19-24-18-33(28(36)30(3)14-8-9-15-30)20-27(24)23-10-6-5-7-11-23;/h5-7,10-11,22,24-27H,8-9,12-21H2,1-4H3;1H/t24-,25?,26?,27-,31?;/m1./s1. The van der Waals surface area contributed by atoms with Gasteiger partial charge >= 0.3 is 6.03 Å². The number of likely N-dealkylation sites (tertiary alicyclic amines) is 1. The molecular weight excluding hydrogens is 496 g/mol. The van der Waals surface area contributed by atoms with Gasteiger partial charge in [-0.3, -0.25) is 9.69 Å². The molecule has 2 bridgehead atoms. The Bertz CT molecular complexity index is 1010. The maximum absolute atomic E-state index is 13.7. The third-order valence-corrected chi connectivity index (χ3v) is 10.7. The van der Waals surface area contributed by atoms with Gasteiger partial charge in [-0.25, -0.2) is 4.79 Å². The molecule has 3 amide bonds. The van der Waals surface area contributed by atoms with E-state index in [1.807, 2.05) is 11.9 Å². The highest BCUT2D eigenvalue weighted by Gasteiger charge is 2.57. The fourth-order valence-corrected chi connectivity index (χ4v) is 9.10.